The van der Waals surface area contributed by atoms with Crippen LogP contribution in [-0.2, 0) is 16.1 Å². The lowest BCUT2D eigenvalue weighted by Gasteiger charge is -2.27. The van der Waals surface area contributed by atoms with Crippen LogP contribution in [0.15, 0.2) is 78.9 Å². The fourth-order valence-electron chi connectivity index (χ4n) is 3.72. The van der Waals surface area contributed by atoms with Crippen LogP contribution in [0.4, 0.5) is 0 Å². The zero-order chi connectivity index (χ0) is 21.1. The number of nitrogens with zero attached hydrogens (tertiary/aromatic N) is 2. The Morgan fingerprint density at radius 3 is 2.50 bits per heavy atom. The molecule has 2 heterocycles. The van der Waals surface area contributed by atoms with Crippen molar-refractivity contribution in [2.24, 2.45) is 0 Å². The standard InChI is InChI=1S/C23H20ClN3O3/c24-18-9-7-17(8-10-18)21(28)19-20(16-5-2-1-3-6-16)27(23(30)22(19)29)13-4-12-26-14-11-25-15-26/h1-3,5-11,14-15,20H,4,12-13H2,(H,28,29). The minimum atomic E-state index is -0.738. The van der Waals surface area contributed by atoms with Crippen LogP contribution in [0.3, 0.4) is 0 Å². The van der Waals surface area contributed by atoms with Gasteiger partial charge in [0.25, 0.3) is 5.91 Å². The van der Waals surface area contributed by atoms with Crippen molar-refractivity contribution in [1.82, 2.24) is 9.88 Å². The average molecular weight is 422 g/mol. The Bertz CT molecular complexity index is 1080. The van der Waals surface area contributed by atoms with Crippen LogP contribution in [0.2, 0.25) is 5.02 Å². The second-order valence-electron chi connectivity index (χ2n) is 7.09. The highest BCUT2D eigenvalue weighted by Gasteiger charge is 2.43. The number of likely N-dealkylation sites (tertiary alicyclic amines) is 1. The molecule has 1 N–H and O–H groups in total. The van der Waals surface area contributed by atoms with Gasteiger partial charge < -0.3 is 10.0 Å². The summed E-state index contributed by atoms with van der Waals surface area (Å²) < 4.78 is 1.96. The lowest BCUT2D eigenvalue weighted by molar-refractivity contribution is -0.695. The van der Waals surface area contributed by atoms with Crippen molar-refractivity contribution in [2.45, 2.75) is 19.0 Å². The van der Waals surface area contributed by atoms with Gasteiger partial charge in [0.05, 0.1) is 12.6 Å². The van der Waals surface area contributed by atoms with Crippen LogP contribution in [-0.4, -0.2) is 28.1 Å². The molecule has 1 atom stereocenters. The van der Waals surface area contributed by atoms with Crippen LogP contribution in [0.1, 0.15) is 23.6 Å². The van der Waals surface area contributed by atoms with E-state index in [9.17, 15) is 14.7 Å². The van der Waals surface area contributed by atoms with E-state index < -0.39 is 23.5 Å². The average Bonchev–Trinajstić information content (AvgIpc) is 3.37. The molecule has 1 aliphatic rings. The number of benzene rings is 2. The van der Waals surface area contributed by atoms with Gasteiger partial charge in [0.1, 0.15) is 12.4 Å². The number of hydrogen-bond acceptors (Lipinski definition) is 3. The molecule has 0 aliphatic carbocycles. The number of rotatable bonds is 6. The number of amides is 1. The van der Waals surface area contributed by atoms with Gasteiger partial charge in [0.2, 0.25) is 12.1 Å². The zero-order valence-corrected chi connectivity index (χ0v) is 16.9. The number of carbonyl (C=O) groups is 2. The van der Waals surface area contributed by atoms with Gasteiger partial charge in [0.15, 0.2) is 0 Å². The fourth-order valence-corrected chi connectivity index (χ4v) is 3.85. The first-order chi connectivity index (χ1) is 14.6. The predicted molar refractivity (Wildman–Crippen MR) is 110 cm³/mol. The van der Waals surface area contributed by atoms with E-state index in [0.717, 1.165) is 5.56 Å². The summed E-state index contributed by atoms with van der Waals surface area (Å²) in [5.41, 5.74) is 1.06. The van der Waals surface area contributed by atoms with Gasteiger partial charge in [-0.05, 0) is 23.3 Å². The van der Waals surface area contributed by atoms with Crippen molar-refractivity contribution in [2.75, 3.05) is 6.54 Å². The van der Waals surface area contributed by atoms with Crippen molar-refractivity contribution in [3.8, 4) is 0 Å². The van der Waals surface area contributed by atoms with Crippen molar-refractivity contribution < 1.29 is 19.3 Å². The number of ketones is 1. The first kappa shape index (κ1) is 19.9. The highest BCUT2D eigenvalue weighted by molar-refractivity contribution is 6.46. The Hall–Kier alpha value is -3.38. The highest BCUT2D eigenvalue weighted by Crippen LogP contribution is 2.38. The predicted octanol–water partition coefficient (Wildman–Crippen LogP) is 2.27. The minimum Gasteiger partial charge on any atom is -0.872 e. The lowest BCUT2D eigenvalue weighted by atomic mass is 9.95. The number of H-pyrrole nitrogens is 1. The van der Waals surface area contributed by atoms with Crippen LogP contribution in [0.25, 0.3) is 5.76 Å². The van der Waals surface area contributed by atoms with Gasteiger partial charge in [-0.1, -0.05) is 59.8 Å². The minimum absolute atomic E-state index is 0.0113. The van der Waals surface area contributed by atoms with Gasteiger partial charge in [0, 0.05) is 23.6 Å². The summed E-state index contributed by atoms with van der Waals surface area (Å²) in [6, 6.07) is 14.8. The van der Waals surface area contributed by atoms with Crippen LogP contribution in [0.5, 0.6) is 0 Å². The van der Waals surface area contributed by atoms with Gasteiger partial charge >= 0.3 is 0 Å². The Morgan fingerprint density at radius 1 is 1.10 bits per heavy atom. The first-order valence-electron chi connectivity index (χ1n) is 9.65. The maximum atomic E-state index is 13.2. The summed E-state index contributed by atoms with van der Waals surface area (Å²) in [4.78, 5) is 30.2. The monoisotopic (exact) mass is 421 g/mol. The summed E-state index contributed by atoms with van der Waals surface area (Å²) >= 11 is 5.92. The number of aryl methyl sites for hydroxylation is 1. The molecule has 7 heteroatoms. The molecule has 1 aromatic heterocycles. The highest BCUT2D eigenvalue weighted by atomic mass is 35.5. The third kappa shape index (κ3) is 3.86. The summed E-state index contributed by atoms with van der Waals surface area (Å²) in [5, 5.41) is 13.7. The Balaban J connectivity index is 1.71. The molecule has 3 aromatic rings. The molecule has 4 rings (SSSR count). The SMILES string of the molecule is O=C1C(=O)N(CCC[n+]2cc[nH]c2)C(c2ccccc2)/C1=C(\[O-])c1ccc(Cl)cc1. The molecular weight excluding hydrogens is 402 g/mol. The molecule has 1 unspecified atom stereocenters. The summed E-state index contributed by atoms with van der Waals surface area (Å²) in [6.07, 6.45) is 6.18. The van der Waals surface area contributed by atoms with E-state index in [1.165, 1.54) is 4.90 Å². The molecule has 0 saturated carbocycles. The smallest absolute Gasteiger partial charge is 0.295 e. The quantitative estimate of drug-likeness (QED) is 0.287. The topological polar surface area (TPSA) is 80.1 Å². The number of Topliss-reactive ketones (excluding diaryl/α,β-unsaturated/α-hetero) is 1. The van der Waals surface area contributed by atoms with Gasteiger partial charge in [-0.2, -0.15) is 0 Å². The van der Waals surface area contributed by atoms with E-state index in [4.69, 9.17) is 11.6 Å². The normalized spacial score (nSPS) is 18.2. The maximum absolute atomic E-state index is 13.2. The number of aromatic amines is 1. The molecule has 6 nitrogen and oxygen atoms in total. The number of hydrogen-bond donors (Lipinski definition) is 1. The van der Waals surface area contributed by atoms with Crippen LogP contribution >= 0.6 is 11.6 Å². The largest absolute Gasteiger partial charge is 0.872 e. The molecule has 0 spiro atoms. The van der Waals surface area contributed by atoms with Crippen LogP contribution < -0.4 is 9.67 Å². The molecule has 2 aromatic carbocycles. The van der Waals surface area contributed by atoms with Gasteiger partial charge in [-0.25, -0.2) is 4.57 Å². The molecule has 1 saturated heterocycles. The summed E-state index contributed by atoms with van der Waals surface area (Å²) in [7, 11) is 0. The molecule has 1 aliphatic heterocycles. The van der Waals surface area contributed by atoms with Crippen molar-refractivity contribution in [3.05, 3.63) is 95.0 Å². The number of halogens is 1. The zero-order valence-electron chi connectivity index (χ0n) is 16.1. The number of nitrogens with one attached hydrogen (secondary N) is 1. The summed E-state index contributed by atoms with van der Waals surface area (Å²) in [6.45, 7) is 1.04. The van der Waals surface area contributed by atoms with E-state index in [2.05, 4.69) is 4.98 Å². The molecule has 30 heavy (non-hydrogen) atoms. The van der Waals surface area contributed by atoms with Crippen LogP contribution in [0, 0.1) is 0 Å². The molecule has 152 valence electrons. The van der Waals surface area contributed by atoms with E-state index >= 15 is 0 Å². The number of imidazole rings is 1. The molecule has 0 bridgehead atoms. The Kier molecular flexibility index (Phi) is 5.68. The second kappa shape index (κ2) is 8.55. The van der Waals surface area contributed by atoms with Crippen molar-refractivity contribution in [1.29, 1.82) is 0 Å². The van der Waals surface area contributed by atoms with Crippen molar-refractivity contribution in [3.63, 3.8) is 0 Å². The van der Waals surface area contributed by atoms with Gasteiger partial charge in [-0.15, -0.1) is 0 Å². The molecule has 1 amide bonds. The maximum Gasteiger partial charge on any atom is 0.295 e. The Labute approximate surface area is 179 Å². The fraction of sp³-hybridized carbons (Fsp3) is 0.174. The first-order valence-corrected chi connectivity index (χ1v) is 10.0. The van der Waals surface area contributed by atoms with E-state index in [1.54, 1.807) is 24.3 Å². The van der Waals surface area contributed by atoms with E-state index in [-0.39, 0.29) is 5.57 Å². The van der Waals surface area contributed by atoms with E-state index in [0.29, 0.717) is 30.1 Å². The third-order valence-electron chi connectivity index (χ3n) is 5.17. The summed E-state index contributed by atoms with van der Waals surface area (Å²) in [5.74, 6) is -1.82. The second-order valence-corrected chi connectivity index (χ2v) is 7.53. The molecule has 0 radical (unpaired) electrons. The lowest BCUT2D eigenvalue weighted by Crippen LogP contribution is -2.36. The van der Waals surface area contributed by atoms with Gasteiger partial charge in [-0.3, -0.25) is 14.6 Å². The molecular formula is C23H20ClN3O3. The number of aromatic nitrogens is 2. The molecule has 1 fully saturated rings. The van der Waals surface area contributed by atoms with Crippen molar-refractivity contribution >= 4 is 29.1 Å². The van der Waals surface area contributed by atoms with E-state index in [1.807, 2.05) is 53.6 Å². The third-order valence-corrected chi connectivity index (χ3v) is 5.42. The number of carbonyl (C=O) groups excluding carboxylic acids is 2. The Morgan fingerprint density at radius 2 is 1.83 bits per heavy atom.